The molecule has 7 heteroatoms. The second kappa shape index (κ2) is 5.18. The molecule has 0 unspecified atom stereocenters. The number of hydrogen-bond donors (Lipinski definition) is 3. The first-order chi connectivity index (χ1) is 11.2. The van der Waals surface area contributed by atoms with Gasteiger partial charge in [0.05, 0.1) is 11.9 Å². The second-order valence-electron chi connectivity index (χ2n) is 5.53. The van der Waals surface area contributed by atoms with Gasteiger partial charge in [0.25, 0.3) is 0 Å². The van der Waals surface area contributed by atoms with Gasteiger partial charge in [-0.2, -0.15) is 9.78 Å². The molecule has 1 aliphatic carbocycles. The number of phenolic OH excluding ortho intramolecular Hbond substituents is 1. The van der Waals surface area contributed by atoms with Crippen molar-refractivity contribution in [1.29, 1.82) is 5.26 Å². The smallest absolute Gasteiger partial charge is 0.178 e. The third-order valence-corrected chi connectivity index (χ3v) is 3.64. The summed E-state index contributed by atoms with van der Waals surface area (Å²) >= 11 is 0. The number of benzene rings is 1. The Morgan fingerprint density at radius 2 is 2.17 bits per heavy atom. The minimum absolute atomic E-state index is 0.174. The fourth-order valence-electron chi connectivity index (χ4n) is 2.39. The normalized spacial score (nSPS) is 13.7. The molecule has 3 N–H and O–H groups in total. The van der Waals surface area contributed by atoms with Crippen LogP contribution in [0.15, 0.2) is 36.5 Å². The van der Waals surface area contributed by atoms with Crippen LogP contribution in [-0.4, -0.2) is 25.7 Å². The molecule has 7 nitrogen and oxygen atoms in total. The average Bonchev–Trinajstić information content (AvgIpc) is 3.24. The lowest BCUT2D eigenvalue weighted by molar-refractivity contribution is 0.475. The highest BCUT2D eigenvalue weighted by Crippen LogP contribution is 2.29. The number of aromatic hydroxyl groups is 1. The van der Waals surface area contributed by atoms with Crippen LogP contribution in [-0.2, 0) is 0 Å². The van der Waals surface area contributed by atoms with Crippen LogP contribution in [0.5, 0.6) is 5.75 Å². The zero-order valence-electron chi connectivity index (χ0n) is 12.2. The summed E-state index contributed by atoms with van der Waals surface area (Å²) in [6.45, 7) is 0. The highest BCUT2D eigenvalue weighted by atomic mass is 16.3. The van der Waals surface area contributed by atoms with Crippen molar-refractivity contribution >= 4 is 22.8 Å². The number of phenols is 1. The molecule has 1 aromatic carbocycles. The molecule has 1 aliphatic rings. The number of nitriles is 1. The van der Waals surface area contributed by atoms with Gasteiger partial charge in [0.2, 0.25) is 0 Å². The number of anilines is 3. The maximum atomic E-state index is 9.56. The Labute approximate surface area is 132 Å². The van der Waals surface area contributed by atoms with E-state index >= 15 is 0 Å². The second-order valence-corrected chi connectivity index (χ2v) is 5.53. The van der Waals surface area contributed by atoms with E-state index in [0.29, 0.717) is 28.9 Å². The fraction of sp³-hybridized carbons (Fsp3) is 0.188. The maximum absolute atomic E-state index is 9.56. The van der Waals surface area contributed by atoms with Gasteiger partial charge in [-0.3, -0.25) is 0 Å². The van der Waals surface area contributed by atoms with E-state index in [1.165, 1.54) is 10.7 Å². The molecule has 2 heterocycles. The van der Waals surface area contributed by atoms with Gasteiger partial charge in [-0.1, -0.05) is 6.07 Å². The molecule has 0 aliphatic heterocycles. The van der Waals surface area contributed by atoms with Crippen LogP contribution in [0.1, 0.15) is 18.5 Å². The Kier molecular flexibility index (Phi) is 3.01. The zero-order valence-corrected chi connectivity index (χ0v) is 12.2. The predicted molar refractivity (Wildman–Crippen MR) is 85.7 cm³/mol. The minimum atomic E-state index is 0.174. The summed E-state index contributed by atoms with van der Waals surface area (Å²) in [5, 5.41) is 29.7. The Morgan fingerprint density at radius 3 is 2.91 bits per heavy atom. The van der Waals surface area contributed by atoms with Crippen LogP contribution >= 0.6 is 0 Å². The van der Waals surface area contributed by atoms with Gasteiger partial charge in [0, 0.05) is 23.9 Å². The summed E-state index contributed by atoms with van der Waals surface area (Å²) in [6, 6.07) is 11.2. The minimum Gasteiger partial charge on any atom is -0.508 e. The van der Waals surface area contributed by atoms with Crippen LogP contribution in [0.4, 0.5) is 17.2 Å². The first-order valence-electron chi connectivity index (χ1n) is 7.34. The number of fused-ring (bicyclic) bond motifs is 1. The van der Waals surface area contributed by atoms with Gasteiger partial charge in [-0.15, -0.1) is 5.10 Å². The summed E-state index contributed by atoms with van der Waals surface area (Å²) in [6.07, 6.45) is 3.78. The van der Waals surface area contributed by atoms with Crippen molar-refractivity contribution in [2.75, 3.05) is 10.6 Å². The average molecular weight is 306 g/mol. The molecule has 1 saturated carbocycles. The van der Waals surface area contributed by atoms with E-state index < -0.39 is 0 Å². The molecule has 2 aromatic heterocycles. The molecule has 0 spiro atoms. The van der Waals surface area contributed by atoms with Crippen LogP contribution in [0, 0.1) is 11.3 Å². The number of nitrogens with one attached hydrogen (secondary N) is 2. The Morgan fingerprint density at radius 1 is 1.30 bits per heavy atom. The molecule has 0 atom stereocenters. The quantitative estimate of drug-likeness (QED) is 0.685. The van der Waals surface area contributed by atoms with Crippen LogP contribution in [0.3, 0.4) is 0 Å². The third kappa shape index (κ3) is 2.62. The molecule has 23 heavy (non-hydrogen) atoms. The van der Waals surface area contributed by atoms with E-state index in [-0.39, 0.29) is 5.75 Å². The molecule has 0 radical (unpaired) electrons. The molecule has 114 valence electrons. The van der Waals surface area contributed by atoms with Crippen molar-refractivity contribution < 1.29 is 5.11 Å². The monoisotopic (exact) mass is 306 g/mol. The molecule has 3 aromatic rings. The number of aromatic nitrogens is 3. The van der Waals surface area contributed by atoms with E-state index in [2.05, 4.69) is 26.8 Å². The van der Waals surface area contributed by atoms with Crippen molar-refractivity contribution in [3.63, 3.8) is 0 Å². The number of imidazole rings is 1. The van der Waals surface area contributed by atoms with Crippen molar-refractivity contribution in [2.45, 2.75) is 18.9 Å². The van der Waals surface area contributed by atoms with Crippen LogP contribution < -0.4 is 10.6 Å². The van der Waals surface area contributed by atoms with Crippen LogP contribution in [0.2, 0.25) is 0 Å². The lowest BCUT2D eigenvalue weighted by Crippen LogP contribution is -2.07. The standard InChI is InChI=1S/C16H14N6O/c17-8-12-9-18-16-14(19-10-4-5-10)7-15(21-22(12)16)20-11-2-1-3-13(23)6-11/h1-3,6-7,9-10,19,23H,4-5H2,(H,20,21). The Bertz CT molecular complexity index is 922. The van der Waals surface area contributed by atoms with Gasteiger partial charge in [0.1, 0.15) is 11.8 Å². The zero-order chi connectivity index (χ0) is 15.8. The SMILES string of the molecule is N#Cc1cnc2c(NC3CC3)cc(Nc3cccc(O)c3)nn12. The van der Waals surface area contributed by atoms with E-state index in [4.69, 9.17) is 0 Å². The first-order valence-corrected chi connectivity index (χ1v) is 7.34. The molecular formula is C16H14N6O. The van der Waals surface area contributed by atoms with Crippen molar-refractivity contribution in [1.82, 2.24) is 14.6 Å². The number of nitrogens with zero attached hydrogens (tertiary/aromatic N) is 4. The highest BCUT2D eigenvalue weighted by Gasteiger charge is 2.23. The van der Waals surface area contributed by atoms with Gasteiger partial charge in [-0.05, 0) is 25.0 Å². The van der Waals surface area contributed by atoms with Crippen molar-refractivity contribution in [3.8, 4) is 11.8 Å². The van der Waals surface area contributed by atoms with E-state index in [1.807, 2.05) is 12.1 Å². The third-order valence-electron chi connectivity index (χ3n) is 3.64. The van der Waals surface area contributed by atoms with Crippen molar-refractivity contribution in [3.05, 3.63) is 42.2 Å². The first kappa shape index (κ1) is 13.4. The number of hydrogen-bond acceptors (Lipinski definition) is 6. The molecule has 0 saturated heterocycles. The van der Waals surface area contributed by atoms with Gasteiger partial charge < -0.3 is 15.7 Å². The summed E-state index contributed by atoms with van der Waals surface area (Å²) in [5.74, 6) is 0.744. The largest absolute Gasteiger partial charge is 0.508 e. The van der Waals surface area contributed by atoms with Crippen molar-refractivity contribution in [2.24, 2.45) is 0 Å². The van der Waals surface area contributed by atoms with E-state index in [9.17, 15) is 10.4 Å². The highest BCUT2D eigenvalue weighted by molar-refractivity contribution is 5.73. The summed E-state index contributed by atoms with van der Waals surface area (Å²) < 4.78 is 1.52. The molecule has 1 fully saturated rings. The molecular weight excluding hydrogens is 292 g/mol. The van der Waals surface area contributed by atoms with Gasteiger partial charge >= 0.3 is 0 Å². The van der Waals surface area contributed by atoms with E-state index in [0.717, 1.165) is 18.5 Å². The molecule has 4 rings (SSSR count). The lowest BCUT2D eigenvalue weighted by Gasteiger charge is -2.11. The number of rotatable bonds is 4. The fourth-order valence-corrected chi connectivity index (χ4v) is 2.39. The molecule has 0 amide bonds. The Balaban J connectivity index is 1.77. The maximum Gasteiger partial charge on any atom is 0.178 e. The lowest BCUT2D eigenvalue weighted by atomic mass is 10.3. The topological polar surface area (TPSA) is 98.3 Å². The van der Waals surface area contributed by atoms with Gasteiger partial charge in [0.15, 0.2) is 17.2 Å². The summed E-state index contributed by atoms with van der Waals surface area (Å²) in [5.41, 5.74) is 2.56. The van der Waals surface area contributed by atoms with E-state index in [1.54, 1.807) is 18.2 Å². The van der Waals surface area contributed by atoms with Crippen LogP contribution in [0.25, 0.3) is 5.65 Å². The Hall–Kier alpha value is -3.27. The molecule has 0 bridgehead atoms. The summed E-state index contributed by atoms with van der Waals surface area (Å²) in [7, 11) is 0. The van der Waals surface area contributed by atoms with Gasteiger partial charge in [-0.25, -0.2) is 4.98 Å². The predicted octanol–water partition coefficient (Wildman–Crippen LogP) is 2.62. The summed E-state index contributed by atoms with van der Waals surface area (Å²) in [4.78, 5) is 4.28.